The summed E-state index contributed by atoms with van der Waals surface area (Å²) in [7, 11) is 1.45. The van der Waals surface area contributed by atoms with Crippen molar-refractivity contribution >= 4 is 11.6 Å². The first kappa shape index (κ1) is 14.9. The average molecular weight is 297 g/mol. The molecule has 2 rings (SSSR count). The van der Waals surface area contributed by atoms with Gasteiger partial charge in [0.25, 0.3) is 0 Å². The van der Waals surface area contributed by atoms with Crippen LogP contribution in [0.1, 0.15) is 18.5 Å². The molecular weight excluding hydrogens is 280 g/mol. The molecule has 1 saturated heterocycles. The standard InChI is InChI=1S/C14H17ClN2O3/c1-9-8-17(3-4-20-9)12(7-16)10-5-11(15)14(18)13(6-10)19-2/h5-6,9,12,18H,3-4,8H2,1-2H3/t9-,12+/m1/s1. The quantitative estimate of drug-likeness (QED) is 0.927. The largest absolute Gasteiger partial charge is 0.503 e. The molecule has 1 fully saturated rings. The minimum atomic E-state index is -0.437. The van der Waals surface area contributed by atoms with Gasteiger partial charge in [-0.25, -0.2) is 0 Å². The molecule has 1 heterocycles. The second-order valence-electron chi connectivity index (χ2n) is 4.76. The van der Waals surface area contributed by atoms with E-state index in [1.54, 1.807) is 12.1 Å². The Labute approximate surface area is 123 Å². The van der Waals surface area contributed by atoms with Crippen molar-refractivity contribution in [3.8, 4) is 17.6 Å². The molecular formula is C14H17ClN2O3. The molecule has 6 heteroatoms. The number of phenols is 1. The SMILES string of the molecule is COc1cc([C@H](C#N)N2CCO[C@H](C)C2)cc(Cl)c1O. The summed E-state index contributed by atoms with van der Waals surface area (Å²) in [5.41, 5.74) is 0.709. The molecule has 1 aliphatic heterocycles. The van der Waals surface area contributed by atoms with Gasteiger partial charge >= 0.3 is 0 Å². The van der Waals surface area contributed by atoms with Crippen molar-refractivity contribution in [1.29, 1.82) is 5.26 Å². The van der Waals surface area contributed by atoms with E-state index in [1.165, 1.54) is 7.11 Å². The monoisotopic (exact) mass is 296 g/mol. The second kappa shape index (κ2) is 6.31. The zero-order valence-electron chi connectivity index (χ0n) is 11.5. The first-order valence-electron chi connectivity index (χ1n) is 6.38. The summed E-state index contributed by atoms with van der Waals surface area (Å²) in [6.07, 6.45) is 0.0917. The van der Waals surface area contributed by atoms with E-state index in [0.29, 0.717) is 25.3 Å². The summed E-state index contributed by atoms with van der Waals surface area (Å²) in [6, 6.07) is 5.10. The topological polar surface area (TPSA) is 65.7 Å². The number of benzene rings is 1. The van der Waals surface area contributed by atoms with Crippen molar-refractivity contribution in [3.05, 3.63) is 22.7 Å². The van der Waals surface area contributed by atoms with Crippen molar-refractivity contribution in [2.24, 2.45) is 0 Å². The molecule has 5 nitrogen and oxygen atoms in total. The zero-order valence-corrected chi connectivity index (χ0v) is 12.2. The molecule has 0 saturated carbocycles. The molecule has 1 N–H and O–H groups in total. The van der Waals surface area contributed by atoms with Crippen LogP contribution in [0.3, 0.4) is 0 Å². The van der Waals surface area contributed by atoms with E-state index in [4.69, 9.17) is 21.1 Å². The molecule has 0 amide bonds. The maximum Gasteiger partial charge on any atom is 0.176 e. The minimum absolute atomic E-state index is 0.0917. The Balaban J connectivity index is 2.32. The predicted octanol–water partition coefficient (Wildman–Crippen LogP) is 2.34. The molecule has 0 aromatic heterocycles. The normalized spacial score (nSPS) is 21.2. The summed E-state index contributed by atoms with van der Waals surface area (Å²) in [5.74, 6) is 0.166. The van der Waals surface area contributed by atoms with Gasteiger partial charge in [-0.05, 0) is 24.6 Å². The van der Waals surface area contributed by atoms with Crippen molar-refractivity contribution in [1.82, 2.24) is 4.90 Å². The Bertz CT molecular complexity index is 530. The first-order valence-corrected chi connectivity index (χ1v) is 6.76. The third-order valence-electron chi connectivity index (χ3n) is 3.35. The lowest BCUT2D eigenvalue weighted by atomic mass is 10.0. The zero-order chi connectivity index (χ0) is 14.7. The number of phenolic OH excluding ortho intramolecular Hbond substituents is 1. The van der Waals surface area contributed by atoms with Gasteiger partial charge in [-0.2, -0.15) is 5.26 Å². The molecule has 0 bridgehead atoms. The first-order chi connectivity index (χ1) is 9.56. The average Bonchev–Trinajstić information content (AvgIpc) is 2.43. The number of aromatic hydroxyl groups is 1. The lowest BCUT2D eigenvalue weighted by molar-refractivity contribution is -0.0269. The highest BCUT2D eigenvalue weighted by Gasteiger charge is 2.26. The Hall–Kier alpha value is -1.48. The highest BCUT2D eigenvalue weighted by molar-refractivity contribution is 6.32. The molecule has 20 heavy (non-hydrogen) atoms. The van der Waals surface area contributed by atoms with Crippen LogP contribution in [0.15, 0.2) is 12.1 Å². The van der Waals surface area contributed by atoms with Crippen molar-refractivity contribution < 1.29 is 14.6 Å². The Morgan fingerprint density at radius 1 is 1.60 bits per heavy atom. The maximum atomic E-state index is 9.76. The van der Waals surface area contributed by atoms with Gasteiger partial charge in [0.2, 0.25) is 0 Å². The molecule has 108 valence electrons. The van der Waals surface area contributed by atoms with E-state index < -0.39 is 6.04 Å². The molecule has 1 aromatic carbocycles. The van der Waals surface area contributed by atoms with E-state index in [1.807, 2.05) is 11.8 Å². The van der Waals surface area contributed by atoms with Gasteiger partial charge in [0.15, 0.2) is 11.5 Å². The van der Waals surface area contributed by atoms with E-state index >= 15 is 0 Å². The highest BCUT2D eigenvalue weighted by Crippen LogP contribution is 2.37. The van der Waals surface area contributed by atoms with Gasteiger partial charge < -0.3 is 14.6 Å². The van der Waals surface area contributed by atoms with E-state index in [9.17, 15) is 10.4 Å². The molecule has 0 spiro atoms. The number of nitrogens with zero attached hydrogens (tertiary/aromatic N) is 2. The van der Waals surface area contributed by atoms with Crippen molar-refractivity contribution in [2.75, 3.05) is 26.8 Å². The van der Waals surface area contributed by atoms with E-state index in [0.717, 1.165) is 0 Å². The third kappa shape index (κ3) is 2.98. The molecule has 0 radical (unpaired) electrons. The van der Waals surface area contributed by atoms with Gasteiger partial charge in [0, 0.05) is 13.1 Å². The fraction of sp³-hybridized carbons (Fsp3) is 0.500. The molecule has 0 unspecified atom stereocenters. The van der Waals surface area contributed by atoms with Crippen LogP contribution >= 0.6 is 11.6 Å². The summed E-state index contributed by atoms with van der Waals surface area (Å²) >= 11 is 5.98. The number of halogens is 1. The Kier molecular flexibility index (Phi) is 4.71. The highest BCUT2D eigenvalue weighted by atomic mass is 35.5. The smallest absolute Gasteiger partial charge is 0.176 e. The van der Waals surface area contributed by atoms with Crippen molar-refractivity contribution in [3.63, 3.8) is 0 Å². The third-order valence-corrected chi connectivity index (χ3v) is 3.63. The minimum Gasteiger partial charge on any atom is -0.503 e. The van der Waals surface area contributed by atoms with Crippen LogP contribution in [0.5, 0.6) is 11.5 Å². The second-order valence-corrected chi connectivity index (χ2v) is 5.17. The van der Waals surface area contributed by atoms with Gasteiger partial charge in [-0.3, -0.25) is 4.90 Å². The van der Waals surface area contributed by atoms with Crippen LogP contribution < -0.4 is 4.74 Å². The maximum absolute atomic E-state index is 9.76. The Morgan fingerprint density at radius 2 is 2.35 bits per heavy atom. The summed E-state index contributed by atoms with van der Waals surface area (Å²) < 4.78 is 10.6. The lowest BCUT2D eigenvalue weighted by Gasteiger charge is -2.34. The number of nitriles is 1. The fourth-order valence-electron chi connectivity index (χ4n) is 2.35. The van der Waals surface area contributed by atoms with Crippen molar-refractivity contribution in [2.45, 2.75) is 19.1 Å². The van der Waals surface area contributed by atoms with Crippen LogP contribution in [0.25, 0.3) is 0 Å². The molecule has 1 aliphatic rings. The Morgan fingerprint density at radius 3 is 2.95 bits per heavy atom. The van der Waals surface area contributed by atoms with Crippen LogP contribution in [0, 0.1) is 11.3 Å². The number of rotatable bonds is 3. The number of methoxy groups -OCH3 is 1. The summed E-state index contributed by atoms with van der Waals surface area (Å²) in [5, 5.41) is 19.4. The van der Waals surface area contributed by atoms with E-state index in [-0.39, 0.29) is 22.6 Å². The summed E-state index contributed by atoms with van der Waals surface area (Å²) in [6.45, 7) is 3.94. The molecule has 1 aromatic rings. The van der Waals surface area contributed by atoms with Gasteiger partial charge in [0.1, 0.15) is 6.04 Å². The lowest BCUT2D eigenvalue weighted by Crippen LogP contribution is -2.42. The van der Waals surface area contributed by atoms with Crippen LogP contribution in [0.4, 0.5) is 0 Å². The predicted molar refractivity (Wildman–Crippen MR) is 75.0 cm³/mol. The number of ether oxygens (including phenoxy) is 2. The van der Waals surface area contributed by atoms with Crippen LogP contribution in [-0.2, 0) is 4.74 Å². The summed E-state index contributed by atoms with van der Waals surface area (Å²) in [4.78, 5) is 2.04. The van der Waals surface area contributed by atoms with Crippen LogP contribution in [0.2, 0.25) is 5.02 Å². The van der Waals surface area contributed by atoms with E-state index in [2.05, 4.69) is 6.07 Å². The molecule has 0 aliphatic carbocycles. The van der Waals surface area contributed by atoms with Gasteiger partial charge in [-0.15, -0.1) is 0 Å². The van der Waals surface area contributed by atoms with Gasteiger partial charge in [0.05, 0.1) is 30.9 Å². The number of hydrogen-bond acceptors (Lipinski definition) is 5. The van der Waals surface area contributed by atoms with Gasteiger partial charge in [-0.1, -0.05) is 11.6 Å². The number of hydrogen-bond donors (Lipinski definition) is 1. The number of morpholine rings is 1. The van der Waals surface area contributed by atoms with Crippen LogP contribution in [-0.4, -0.2) is 42.9 Å². The molecule has 2 atom stereocenters. The fourth-order valence-corrected chi connectivity index (χ4v) is 2.57.